The first-order valence-electron chi connectivity index (χ1n) is 6.54. The first kappa shape index (κ1) is 16.8. The van der Waals surface area contributed by atoms with Gasteiger partial charge in [-0.25, -0.2) is 0 Å². The molecule has 0 heterocycles. The van der Waals surface area contributed by atoms with Gasteiger partial charge in [-0.2, -0.15) is 0 Å². The van der Waals surface area contributed by atoms with Gasteiger partial charge in [0, 0.05) is 11.1 Å². The van der Waals surface area contributed by atoms with E-state index in [1.165, 1.54) is 6.21 Å². The number of amides is 1. The third-order valence-corrected chi connectivity index (χ3v) is 2.41. The lowest BCUT2D eigenvalue weighted by atomic mass is 10.1. The zero-order valence-electron chi connectivity index (χ0n) is 13.1. The molecule has 1 rings (SSSR count). The van der Waals surface area contributed by atoms with E-state index in [0.717, 1.165) is 0 Å². The molecule has 0 bridgehead atoms. The molecule has 1 aromatic carbocycles. The highest BCUT2D eigenvalue weighted by Gasteiger charge is 2.13. The summed E-state index contributed by atoms with van der Waals surface area (Å²) in [6, 6.07) is 5.32. The van der Waals surface area contributed by atoms with E-state index in [2.05, 4.69) is 10.5 Å². The summed E-state index contributed by atoms with van der Waals surface area (Å²) in [4.78, 5) is 16.5. The van der Waals surface area contributed by atoms with Gasteiger partial charge in [0.15, 0.2) is 6.61 Å². The molecule has 0 aliphatic rings. The number of oxime groups is 1. The lowest BCUT2D eigenvalue weighted by Crippen LogP contribution is -2.42. The van der Waals surface area contributed by atoms with Crippen LogP contribution < -0.4 is 14.8 Å². The minimum absolute atomic E-state index is 0.139. The Morgan fingerprint density at radius 2 is 2.00 bits per heavy atom. The topological polar surface area (TPSA) is 69.1 Å². The maximum atomic E-state index is 11.5. The highest BCUT2D eigenvalue weighted by molar-refractivity contribution is 5.84. The summed E-state index contributed by atoms with van der Waals surface area (Å²) < 4.78 is 10.3. The third kappa shape index (κ3) is 6.16. The summed E-state index contributed by atoms with van der Waals surface area (Å²) in [6.45, 7) is 5.56. The second-order valence-electron chi connectivity index (χ2n) is 5.41. The van der Waals surface area contributed by atoms with E-state index < -0.39 is 0 Å². The molecule has 0 atom stereocenters. The van der Waals surface area contributed by atoms with E-state index >= 15 is 0 Å². The quantitative estimate of drug-likeness (QED) is 0.643. The Kier molecular flexibility index (Phi) is 6.02. The average Bonchev–Trinajstić information content (AvgIpc) is 2.41. The first-order chi connectivity index (χ1) is 9.85. The summed E-state index contributed by atoms with van der Waals surface area (Å²) >= 11 is 0. The molecule has 0 aliphatic carbocycles. The second-order valence-corrected chi connectivity index (χ2v) is 5.41. The summed E-state index contributed by atoms with van der Waals surface area (Å²) in [6.07, 6.45) is 1.48. The molecule has 0 unspecified atom stereocenters. The molecule has 116 valence electrons. The normalized spacial score (nSPS) is 11.3. The van der Waals surface area contributed by atoms with Crippen LogP contribution in [0.1, 0.15) is 26.3 Å². The van der Waals surface area contributed by atoms with Crippen molar-refractivity contribution in [3.8, 4) is 11.5 Å². The van der Waals surface area contributed by atoms with Crippen LogP contribution in [-0.4, -0.2) is 38.5 Å². The Bertz CT molecular complexity index is 507. The van der Waals surface area contributed by atoms with Crippen LogP contribution >= 0.6 is 0 Å². The van der Waals surface area contributed by atoms with Gasteiger partial charge in [0.2, 0.25) is 0 Å². The largest absolute Gasteiger partial charge is 0.497 e. The van der Waals surface area contributed by atoms with Crippen molar-refractivity contribution in [3.05, 3.63) is 23.8 Å². The standard InChI is InChI=1S/C15H22N2O4/c1-15(2,3)17-14(18)10-21-16-9-11-8-12(19-4)6-7-13(11)20-5/h6-9H,10H2,1-5H3,(H,17,18)/b16-9-. The second kappa shape index (κ2) is 7.52. The van der Waals surface area contributed by atoms with Crippen molar-refractivity contribution in [2.45, 2.75) is 26.3 Å². The third-order valence-electron chi connectivity index (χ3n) is 2.41. The van der Waals surface area contributed by atoms with Gasteiger partial charge in [0.25, 0.3) is 5.91 Å². The van der Waals surface area contributed by atoms with Gasteiger partial charge in [-0.1, -0.05) is 5.16 Å². The molecule has 0 spiro atoms. The van der Waals surface area contributed by atoms with Crippen LogP contribution in [0.5, 0.6) is 11.5 Å². The maximum absolute atomic E-state index is 11.5. The minimum Gasteiger partial charge on any atom is -0.497 e. The molecule has 0 radical (unpaired) electrons. The van der Waals surface area contributed by atoms with E-state index in [1.54, 1.807) is 32.4 Å². The summed E-state index contributed by atoms with van der Waals surface area (Å²) in [7, 11) is 3.15. The number of nitrogens with zero attached hydrogens (tertiary/aromatic N) is 1. The number of nitrogens with one attached hydrogen (secondary N) is 1. The molecule has 1 aromatic rings. The molecule has 1 N–H and O–H groups in total. The highest BCUT2D eigenvalue weighted by Crippen LogP contribution is 2.22. The number of carbonyl (C=O) groups excluding carboxylic acids is 1. The lowest BCUT2D eigenvalue weighted by Gasteiger charge is -2.19. The number of ether oxygens (including phenoxy) is 2. The van der Waals surface area contributed by atoms with Crippen molar-refractivity contribution in [1.29, 1.82) is 0 Å². The summed E-state index contributed by atoms with van der Waals surface area (Å²) in [5.41, 5.74) is 0.410. The van der Waals surface area contributed by atoms with Crippen LogP contribution in [0.3, 0.4) is 0 Å². The average molecular weight is 294 g/mol. The van der Waals surface area contributed by atoms with Gasteiger partial charge in [0.1, 0.15) is 11.5 Å². The van der Waals surface area contributed by atoms with Gasteiger partial charge in [-0.15, -0.1) is 0 Å². The molecule has 1 amide bonds. The molecule has 0 saturated heterocycles. The Labute approximate surface area is 125 Å². The van der Waals surface area contributed by atoms with E-state index in [4.69, 9.17) is 14.3 Å². The SMILES string of the molecule is COc1ccc(OC)c(/C=N\OCC(=O)NC(C)(C)C)c1. The summed E-state index contributed by atoms with van der Waals surface area (Å²) in [5.74, 6) is 1.10. The number of hydrogen-bond acceptors (Lipinski definition) is 5. The minimum atomic E-state index is -0.291. The number of carbonyl (C=O) groups is 1. The number of methoxy groups -OCH3 is 2. The fourth-order valence-electron chi connectivity index (χ4n) is 1.58. The first-order valence-corrected chi connectivity index (χ1v) is 6.54. The highest BCUT2D eigenvalue weighted by atomic mass is 16.6. The fraction of sp³-hybridized carbons (Fsp3) is 0.467. The molecule has 0 fully saturated rings. The Morgan fingerprint density at radius 1 is 1.29 bits per heavy atom. The lowest BCUT2D eigenvalue weighted by molar-refractivity contribution is -0.127. The van der Waals surface area contributed by atoms with E-state index in [9.17, 15) is 4.79 Å². The molecule has 6 nitrogen and oxygen atoms in total. The van der Waals surface area contributed by atoms with Gasteiger partial charge >= 0.3 is 0 Å². The molecule has 6 heteroatoms. The Hall–Kier alpha value is -2.24. The van der Waals surface area contributed by atoms with Gasteiger partial charge in [0.05, 0.1) is 20.4 Å². The molecule has 21 heavy (non-hydrogen) atoms. The fourth-order valence-corrected chi connectivity index (χ4v) is 1.58. The molecule has 0 saturated carbocycles. The number of hydrogen-bond donors (Lipinski definition) is 1. The van der Waals surface area contributed by atoms with Crippen LogP contribution in [0.15, 0.2) is 23.4 Å². The molecular weight excluding hydrogens is 272 g/mol. The van der Waals surface area contributed by atoms with Gasteiger partial charge in [-0.05, 0) is 39.0 Å². The Morgan fingerprint density at radius 3 is 2.57 bits per heavy atom. The molecule has 0 aromatic heterocycles. The van der Waals surface area contributed by atoms with Crippen LogP contribution in [0.25, 0.3) is 0 Å². The van der Waals surface area contributed by atoms with Crippen LogP contribution in [-0.2, 0) is 9.63 Å². The van der Waals surface area contributed by atoms with Gasteiger partial charge < -0.3 is 19.6 Å². The van der Waals surface area contributed by atoms with Crippen molar-refractivity contribution in [3.63, 3.8) is 0 Å². The van der Waals surface area contributed by atoms with Crippen molar-refractivity contribution >= 4 is 12.1 Å². The maximum Gasteiger partial charge on any atom is 0.261 e. The molecular formula is C15H22N2O4. The smallest absolute Gasteiger partial charge is 0.261 e. The summed E-state index contributed by atoms with van der Waals surface area (Å²) in [5, 5.41) is 6.55. The molecule has 0 aliphatic heterocycles. The zero-order valence-corrected chi connectivity index (χ0v) is 13.1. The monoisotopic (exact) mass is 294 g/mol. The number of rotatable bonds is 6. The van der Waals surface area contributed by atoms with Crippen molar-refractivity contribution in [2.75, 3.05) is 20.8 Å². The van der Waals surface area contributed by atoms with E-state index in [0.29, 0.717) is 17.1 Å². The zero-order chi connectivity index (χ0) is 15.9. The van der Waals surface area contributed by atoms with Crippen molar-refractivity contribution in [2.24, 2.45) is 5.16 Å². The van der Waals surface area contributed by atoms with Crippen LogP contribution in [0, 0.1) is 0 Å². The van der Waals surface area contributed by atoms with Crippen LogP contribution in [0.4, 0.5) is 0 Å². The predicted octanol–water partition coefficient (Wildman–Crippen LogP) is 1.97. The van der Waals surface area contributed by atoms with Crippen LogP contribution in [0.2, 0.25) is 0 Å². The van der Waals surface area contributed by atoms with Gasteiger partial charge in [-0.3, -0.25) is 4.79 Å². The number of benzene rings is 1. The van der Waals surface area contributed by atoms with E-state index in [1.807, 2.05) is 20.8 Å². The predicted molar refractivity (Wildman–Crippen MR) is 81.0 cm³/mol. The Balaban J connectivity index is 2.59. The van der Waals surface area contributed by atoms with E-state index in [-0.39, 0.29) is 18.1 Å². The van der Waals surface area contributed by atoms with Crippen molar-refractivity contribution in [1.82, 2.24) is 5.32 Å². The van der Waals surface area contributed by atoms with Crippen molar-refractivity contribution < 1.29 is 19.1 Å².